The van der Waals surface area contributed by atoms with Crippen molar-refractivity contribution in [1.29, 1.82) is 5.26 Å². The molecule has 0 spiro atoms. The lowest BCUT2D eigenvalue weighted by atomic mass is 9.45. The van der Waals surface area contributed by atoms with Gasteiger partial charge in [0.05, 0.1) is 13.3 Å². The molecule has 1 amide bonds. The van der Waals surface area contributed by atoms with E-state index in [-0.39, 0.29) is 40.9 Å². The third-order valence-electron chi connectivity index (χ3n) is 4.94. The molecule has 1 saturated carbocycles. The van der Waals surface area contributed by atoms with Crippen molar-refractivity contribution in [1.82, 2.24) is 4.98 Å². The van der Waals surface area contributed by atoms with Crippen molar-refractivity contribution in [3.8, 4) is 17.6 Å². The van der Waals surface area contributed by atoms with E-state index >= 15 is 0 Å². The van der Waals surface area contributed by atoms with Crippen molar-refractivity contribution in [2.45, 2.75) is 40.2 Å². The fraction of sp³-hybridized carbons (Fsp3) is 0.588. The second-order valence-electron chi connectivity index (χ2n) is 7.15. The summed E-state index contributed by atoms with van der Waals surface area (Å²) in [4.78, 5) is 15.7. The van der Waals surface area contributed by atoms with E-state index in [0.29, 0.717) is 11.5 Å². The first-order valence-electron chi connectivity index (χ1n) is 7.99. The average molecular weight is 318 g/mol. The number of aromatic nitrogens is 1. The third kappa shape index (κ3) is 2.83. The molecular formula is C17H23N3O3. The van der Waals surface area contributed by atoms with E-state index in [0.717, 1.165) is 0 Å². The smallest absolute Gasteiger partial charge is 0.217 e. The minimum atomic E-state index is -0.290. The Bertz CT molecular complexity index is 666. The summed E-state index contributed by atoms with van der Waals surface area (Å²) in [6, 6.07) is 3.62. The number of methoxy groups -OCH3 is 1. The van der Waals surface area contributed by atoms with E-state index in [1.165, 1.54) is 13.3 Å². The number of amides is 1. The number of rotatable bonds is 5. The van der Waals surface area contributed by atoms with Crippen molar-refractivity contribution in [2.75, 3.05) is 7.11 Å². The molecule has 1 aromatic heterocycles. The second kappa shape index (κ2) is 5.73. The summed E-state index contributed by atoms with van der Waals surface area (Å²) in [6.07, 6.45) is 1.67. The molecule has 1 aliphatic rings. The van der Waals surface area contributed by atoms with E-state index in [1.807, 2.05) is 11.8 Å². The van der Waals surface area contributed by atoms with Crippen LogP contribution in [0.1, 0.15) is 39.8 Å². The van der Waals surface area contributed by atoms with Crippen LogP contribution in [0.5, 0.6) is 11.5 Å². The molecule has 23 heavy (non-hydrogen) atoms. The van der Waals surface area contributed by atoms with Crippen LogP contribution in [0.25, 0.3) is 0 Å². The summed E-state index contributed by atoms with van der Waals surface area (Å²) in [5, 5.41) is 9.00. The number of nitrogens with zero attached hydrogens (tertiary/aromatic N) is 2. The molecule has 0 saturated heterocycles. The molecule has 124 valence electrons. The SMILES string of the molecule is [2H]NC(=O)CC1C(C)(C)C(Oc2cnc(C#N)c(OC)c2)C1(C)C. The van der Waals surface area contributed by atoms with E-state index < -0.39 is 0 Å². The van der Waals surface area contributed by atoms with Gasteiger partial charge in [0.15, 0.2) is 12.9 Å². The van der Waals surface area contributed by atoms with Crippen LogP contribution >= 0.6 is 0 Å². The lowest BCUT2D eigenvalue weighted by molar-refractivity contribution is -0.200. The first-order chi connectivity index (χ1) is 11.2. The minimum absolute atomic E-state index is 0.0913. The van der Waals surface area contributed by atoms with Crippen LogP contribution in [-0.2, 0) is 4.79 Å². The molecule has 1 aliphatic carbocycles. The van der Waals surface area contributed by atoms with Crippen LogP contribution in [0.3, 0.4) is 0 Å². The Hall–Kier alpha value is -2.29. The van der Waals surface area contributed by atoms with Crippen molar-refractivity contribution in [3.63, 3.8) is 0 Å². The van der Waals surface area contributed by atoms with E-state index in [4.69, 9.17) is 16.1 Å². The highest BCUT2D eigenvalue weighted by molar-refractivity contribution is 5.74. The molecule has 0 aromatic carbocycles. The fourth-order valence-electron chi connectivity index (χ4n) is 4.07. The van der Waals surface area contributed by atoms with Crippen LogP contribution in [0, 0.1) is 28.1 Å². The van der Waals surface area contributed by atoms with Gasteiger partial charge < -0.3 is 15.2 Å². The third-order valence-corrected chi connectivity index (χ3v) is 4.94. The number of carbonyl (C=O) groups is 1. The Balaban J connectivity index is 2.21. The zero-order valence-corrected chi connectivity index (χ0v) is 14.1. The van der Waals surface area contributed by atoms with Crippen LogP contribution in [0.2, 0.25) is 1.41 Å². The van der Waals surface area contributed by atoms with Gasteiger partial charge in [0, 0.05) is 23.3 Å². The highest BCUT2D eigenvalue weighted by atomic mass is 16.5. The molecular weight excluding hydrogens is 294 g/mol. The standard InChI is InChI=1S/C17H23N3O3/c1-16(2)13(7-14(19)21)17(3,4)15(16)23-10-6-12(22-5)11(8-18)20-9-10/h6,9,13,15H,7H2,1-5H3,(H2,19,21)/i/hD. The van der Waals surface area contributed by atoms with Gasteiger partial charge in [0.1, 0.15) is 17.9 Å². The van der Waals surface area contributed by atoms with Gasteiger partial charge >= 0.3 is 0 Å². The van der Waals surface area contributed by atoms with Crippen LogP contribution in [-0.4, -0.2) is 24.1 Å². The molecule has 0 bridgehead atoms. The van der Waals surface area contributed by atoms with Crippen molar-refractivity contribution >= 4 is 5.91 Å². The quantitative estimate of drug-likeness (QED) is 0.898. The van der Waals surface area contributed by atoms with Gasteiger partial charge in [-0.2, -0.15) is 5.26 Å². The molecule has 0 atom stereocenters. The zero-order chi connectivity index (χ0) is 18.1. The van der Waals surface area contributed by atoms with Crippen LogP contribution < -0.4 is 15.2 Å². The number of nitrogens with two attached hydrogens (primary N) is 1. The first-order valence-corrected chi connectivity index (χ1v) is 7.49. The molecule has 6 heteroatoms. The van der Waals surface area contributed by atoms with Gasteiger partial charge in [0.25, 0.3) is 0 Å². The highest BCUT2D eigenvalue weighted by Crippen LogP contribution is 2.61. The van der Waals surface area contributed by atoms with Gasteiger partial charge in [-0.3, -0.25) is 4.79 Å². The van der Waals surface area contributed by atoms with E-state index in [2.05, 4.69) is 32.7 Å². The Morgan fingerprint density at radius 2 is 2.13 bits per heavy atom. The van der Waals surface area contributed by atoms with Gasteiger partial charge in [-0.1, -0.05) is 27.7 Å². The first kappa shape index (κ1) is 15.6. The topological polar surface area (TPSA) is 98.2 Å². The Kier molecular flexibility index (Phi) is 3.88. The molecule has 1 aromatic rings. The summed E-state index contributed by atoms with van der Waals surface area (Å²) < 4.78 is 18.3. The van der Waals surface area contributed by atoms with Crippen LogP contribution in [0.15, 0.2) is 12.3 Å². The summed E-state index contributed by atoms with van der Waals surface area (Å²) in [5.41, 5.74) is 1.68. The number of carbonyl (C=O) groups excluding carboxylic acids is 1. The molecule has 6 nitrogen and oxygen atoms in total. The minimum Gasteiger partial charge on any atom is -0.494 e. The number of nitriles is 1. The van der Waals surface area contributed by atoms with Gasteiger partial charge in [-0.05, 0) is 5.92 Å². The Labute approximate surface area is 138 Å². The van der Waals surface area contributed by atoms with Gasteiger partial charge in [0.2, 0.25) is 5.91 Å². The fourth-order valence-corrected chi connectivity index (χ4v) is 4.07. The number of hydrogen-bond acceptors (Lipinski definition) is 5. The predicted molar refractivity (Wildman–Crippen MR) is 84.8 cm³/mol. The normalized spacial score (nSPS) is 24.6. The lowest BCUT2D eigenvalue weighted by Crippen LogP contribution is -2.66. The van der Waals surface area contributed by atoms with Gasteiger partial charge in [-0.15, -0.1) is 0 Å². The summed E-state index contributed by atoms with van der Waals surface area (Å²) in [6.45, 7) is 8.22. The molecule has 2 rings (SSSR count). The number of pyridine rings is 1. The summed E-state index contributed by atoms with van der Waals surface area (Å²) in [7, 11) is 1.48. The zero-order valence-electron chi connectivity index (χ0n) is 15.1. The maximum atomic E-state index is 11.6. The second-order valence-corrected chi connectivity index (χ2v) is 7.15. The predicted octanol–water partition coefficient (Wildman–Crippen LogP) is 2.27. The molecule has 1 heterocycles. The Morgan fingerprint density at radius 3 is 2.65 bits per heavy atom. The van der Waals surface area contributed by atoms with E-state index in [1.54, 1.807) is 6.07 Å². The maximum Gasteiger partial charge on any atom is 0.217 e. The average Bonchev–Trinajstić information content (AvgIpc) is 2.56. The number of primary amides is 1. The maximum absolute atomic E-state index is 11.6. The number of hydrogen-bond donors (Lipinski definition) is 1. The van der Waals surface area contributed by atoms with Crippen molar-refractivity contribution in [3.05, 3.63) is 18.0 Å². The molecule has 1 fully saturated rings. The molecule has 0 unspecified atom stereocenters. The van der Waals surface area contributed by atoms with Crippen LogP contribution in [0.4, 0.5) is 0 Å². The van der Waals surface area contributed by atoms with Gasteiger partial charge in [-0.25, -0.2) is 4.98 Å². The molecule has 0 aliphatic heterocycles. The summed E-state index contributed by atoms with van der Waals surface area (Å²) >= 11 is 0. The lowest BCUT2D eigenvalue weighted by Gasteiger charge is -2.63. The highest BCUT2D eigenvalue weighted by Gasteiger charge is 2.63. The van der Waals surface area contributed by atoms with Crippen molar-refractivity contribution < 1.29 is 15.7 Å². The Morgan fingerprint density at radius 1 is 1.48 bits per heavy atom. The van der Waals surface area contributed by atoms with Crippen molar-refractivity contribution in [2.24, 2.45) is 22.5 Å². The largest absolute Gasteiger partial charge is 0.494 e. The molecule has 2 N–H and O–H groups in total. The van der Waals surface area contributed by atoms with E-state index in [9.17, 15) is 4.79 Å². The molecule has 0 radical (unpaired) electrons. The number of ether oxygens (including phenoxy) is 2. The summed E-state index contributed by atoms with van der Waals surface area (Å²) in [5.74, 6) is 0.699. The monoisotopic (exact) mass is 318 g/mol.